The van der Waals surface area contributed by atoms with Gasteiger partial charge in [-0.15, -0.1) is 11.3 Å². The van der Waals surface area contributed by atoms with E-state index in [2.05, 4.69) is 22.0 Å². The molecule has 0 bridgehead atoms. The molecule has 0 radical (unpaired) electrons. The highest BCUT2D eigenvalue weighted by molar-refractivity contribution is 7.18. The number of thiophene rings is 1. The molecular weight excluding hydrogens is 360 g/mol. The highest BCUT2D eigenvalue weighted by Crippen LogP contribution is 2.35. The van der Waals surface area contributed by atoms with Crippen LogP contribution in [0.5, 0.6) is 0 Å². The van der Waals surface area contributed by atoms with Gasteiger partial charge < -0.3 is 4.52 Å². The maximum Gasteiger partial charge on any atom is 0.262 e. The van der Waals surface area contributed by atoms with Gasteiger partial charge in [-0.25, -0.2) is 4.98 Å². The average Bonchev–Trinajstić information content (AvgIpc) is 3.29. The van der Waals surface area contributed by atoms with E-state index in [0.717, 1.165) is 35.0 Å². The van der Waals surface area contributed by atoms with E-state index in [9.17, 15) is 4.79 Å². The lowest BCUT2D eigenvalue weighted by molar-refractivity contribution is 0.369. The normalized spacial score (nSPS) is 16.6. The summed E-state index contributed by atoms with van der Waals surface area (Å²) in [5.41, 5.74) is 2.05. The van der Waals surface area contributed by atoms with E-state index in [1.165, 1.54) is 10.4 Å². The Bertz CT molecular complexity index is 1180. The Hall–Kier alpha value is -2.80. The Labute approximate surface area is 159 Å². The fraction of sp³-hybridized carbons (Fsp3) is 0.300. The highest BCUT2D eigenvalue weighted by Gasteiger charge is 2.23. The second-order valence-electron chi connectivity index (χ2n) is 7.09. The summed E-state index contributed by atoms with van der Waals surface area (Å²) < 4.78 is 6.92. The van der Waals surface area contributed by atoms with Crippen LogP contribution in [-0.4, -0.2) is 19.7 Å². The van der Waals surface area contributed by atoms with E-state index >= 15 is 0 Å². The first-order valence-electron chi connectivity index (χ1n) is 9.06. The van der Waals surface area contributed by atoms with Gasteiger partial charge in [0.1, 0.15) is 11.4 Å². The van der Waals surface area contributed by atoms with E-state index in [1.54, 1.807) is 22.2 Å². The van der Waals surface area contributed by atoms with Crippen molar-refractivity contribution >= 4 is 21.6 Å². The smallest absolute Gasteiger partial charge is 0.262 e. The second-order valence-corrected chi connectivity index (χ2v) is 8.17. The molecule has 1 aromatic carbocycles. The molecule has 0 unspecified atom stereocenters. The summed E-state index contributed by atoms with van der Waals surface area (Å²) in [4.78, 5) is 24.2. The molecule has 0 saturated carbocycles. The van der Waals surface area contributed by atoms with Crippen molar-refractivity contribution in [3.8, 4) is 11.4 Å². The fourth-order valence-corrected chi connectivity index (χ4v) is 4.99. The first-order chi connectivity index (χ1) is 13.2. The molecule has 0 spiro atoms. The summed E-state index contributed by atoms with van der Waals surface area (Å²) in [7, 11) is 0. The van der Waals surface area contributed by atoms with Crippen molar-refractivity contribution in [1.29, 1.82) is 0 Å². The Morgan fingerprint density at radius 1 is 1.30 bits per heavy atom. The molecule has 0 saturated heterocycles. The van der Waals surface area contributed by atoms with Crippen LogP contribution >= 0.6 is 11.3 Å². The fourth-order valence-electron chi connectivity index (χ4n) is 3.65. The van der Waals surface area contributed by atoms with Crippen molar-refractivity contribution in [2.45, 2.75) is 32.7 Å². The van der Waals surface area contributed by atoms with E-state index in [4.69, 9.17) is 4.52 Å². The standard InChI is InChI=1S/C20H18N4O2S/c1-12-7-8-14-15(9-12)27-19-17(14)20(25)24(11-21-19)10-16-22-18(23-26-16)13-5-3-2-4-6-13/h2-6,11-12H,7-10H2,1H3/t12-/m1/s1. The molecule has 1 atom stereocenters. The molecular formula is C20H18N4O2S. The van der Waals surface area contributed by atoms with Gasteiger partial charge >= 0.3 is 0 Å². The van der Waals surface area contributed by atoms with Crippen molar-refractivity contribution in [2.75, 3.05) is 0 Å². The van der Waals surface area contributed by atoms with E-state index < -0.39 is 0 Å². The average molecular weight is 378 g/mol. The number of nitrogens with zero attached hydrogens (tertiary/aromatic N) is 4. The van der Waals surface area contributed by atoms with Crippen LogP contribution in [0.25, 0.3) is 21.6 Å². The van der Waals surface area contributed by atoms with Gasteiger partial charge in [0.25, 0.3) is 5.56 Å². The first kappa shape index (κ1) is 16.4. The number of aromatic nitrogens is 4. The predicted octanol–water partition coefficient (Wildman–Crippen LogP) is 3.68. The van der Waals surface area contributed by atoms with Crippen LogP contribution < -0.4 is 5.56 Å². The molecule has 3 heterocycles. The van der Waals surface area contributed by atoms with Gasteiger partial charge in [0, 0.05) is 10.4 Å². The van der Waals surface area contributed by atoms with E-state index in [1.807, 2.05) is 30.3 Å². The maximum atomic E-state index is 13.1. The van der Waals surface area contributed by atoms with Crippen LogP contribution in [0.15, 0.2) is 46.0 Å². The van der Waals surface area contributed by atoms with Crippen LogP contribution in [0, 0.1) is 5.92 Å². The summed E-state index contributed by atoms with van der Waals surface area (Å²) in [6.45, 7) is 2.49. The molecule has 0 fully saturated rings. The number of benzene rings is 1. The SMILES string of the molecule is C[C@@H]1CCc2c(sc3ncn(Cc4nc(-c5ccccc5)no4)c(=O)c23)C1. The number of fused-ring (bicyclic) bond motifs is 3. The first-order valence-corrected chi connectivity index (χ1v) is 9.88. The molecule has 3 aromatic heterocycles. The summed E-state index contributed by atoms with van der Waals surface area (Å²) in [6, 6.07) is 9.63. The molecule has 0 aliphatic heterocycles. The van der Waals surface area contributed by atoms with Crippen LogP contribution in [0.3, 0.4) is 0 Å². The van der Waals surface area contributed by atoms with E-state index in [0.29, 0.717) is 17.6 Å². The number of aryl methyl sites for hydroxylation is 1. The molecule has 4 aromatic rings. The largest absolute Gasteiger partial charge is 0.337 e. The van der Waals surface area contributed by atoms with Crippen LogP contribution in [0.1, 0.15) is 29.7 Å². The third-order valence-corrected chi connectivity index (χ3v) is 6.25. The number of rotatable bonds is 3. The molecule has 5 rings (SSSR count). The molecule has 1 aliphatic rings. The molecule has 0 N–H and O–H groups in total. The Morgan fingerprint density at radius 2 is 2.15 bits per heavy atom. The van der Waals surface area contributed by atoms with Gasteiger partial charge in [-0.1, -0.05) is 42.4 Å². The van der Waals surface area contributed by atoms with Crippen molar-refractivity contribution in [3.05, 3.63) is 63.3 Å². The quantitative estimate of drug-likeness (QED) is 0.544. The Morgan fingerprint density at radius 3 is 3.00 bits per heavy atom. The molecule has 27 heavy (non-hydrogen) atoms. The van der Waals surface area contributed by atoms with Crippen molar-refractivity contribution in [1.82, 2.24) is 19.7 Å². The van der Waals surface area contributed by atoms with E-state index in [-0.39, 0.29) is 12.1 Å². The van der Waals surface area contributed by atoms with Gasteiger partial charge in [-0.05, 0) is 30.7 Å². The van der Waals surface area contributed by atoms with Crippen LogP contribution in [-0.2, 0) is 19.4 Å². The maximum absolute atomic E-state index is 13.1. The molecule has 7 heteroatoms. The highest BCUT2D eigenvalue weighted by atomic mass is 32.1. The zero-order valence-electron chi connectivity index (χ0n) is 14.9. The lowest BCUT2D eigenvalue weighted by Gasteiger charge is -2.17. The van der Waals surface area contributed by atoms with Gasteiger partial charge in [0.15, 0.2) is 0 Å². The monoisotopic (exact) mass is 378 g/mol. The topological polar surface area (TPSA) is 73.8 Å². The van der Waals surface area contributed by atoms with Crippen LogP contribution in [0.2, 0.25) is 0 Å². The number of hydrogen-bond donors (Lipinski definition) is 0. The van der Waals surface area contributed by atoms with Gasteiger partial charge in [-0.2, -0.15) is 4.98 Å². The third kappa shape index (κ3) is 2.88. The predicted molar refractivity (Wildman–Crippen MR) is 104 cm³/mol. The molecule has 6 nitrogen and oxygen atoms in total. The summed E-state index contributed by atoms with van der Waals surface area (Å²) in [5.74, 6) is 1.59. The summed E-state index contributed by atoms with van der Waals surface area (Å²) in [5, 5.41) is 4.79. The van der Waals surface area contributed by atoms with Crippen LogP contribution in [0.4, 0.5) is 0 Å². The lowest BCUT2D eigenvalue weighted by atomic mass is 9.89. The Balaban J connectivity index is 1.50. The van der Waals surface area contributed by atoms with Crippen molar-refractivity contribution in [2.24, 2.45) is 5.92 Å². The number of hydrogen-bond acceptors (Lipinski definition) is 6. The third-order valence-electron chi connectivity index (χ3n) is 5.09. The second kappa shape index (κ2) is 6.42. The zero-order valence-corrected chi connectivity index (χ0v) is 15.7. The Kier molecular flexibility index (Phi) is 3.89. The van der Waals surface area contributed by atoms with Gasteiger partial charge in [-0.3, -0.25) is 9.36 Å². The van der Waals surface area contributed by atoms with Crippen molar-refractivity contribution < 1.29 is 4.52 Å². The minimum absolute atomic E-state index is 0.0217. The summed E-state index contributed by atoms with van der Waals surface area (Å²) in [6.07, 6.45) is 4.70. The molecule has 136 valence electrons. The summed E-state index contributed by atoms with van der Waals surface area (Å²) >= 11 is 1.66. The van der Waals surface area contributed by atoms with Crippen molar-refractivity contribution in [3.63, 3.8) is 0 Å². The minimum atomic E-state index is -0.0217. The zero-order chi connectivity index (χ0) is 18.4. The molecule has 0 amide bonds. The van der Waals surface area contributed by atoms with Gasteiger partial charge in [0.2, 0.25) is 11.7 Å². The minimum Gasteiger partial charge on any atom is -0.337 e. The lowest BCUT2D eigenvalue weighted by Crippen LogP contribution is -2.22. The van der Waals surface area contributed by atoms with Gasteiger partial charge in [0.05, 0.1) is 11.7 Å². The molecule has 1 aliphatic carbocycles.